The first-order valence-corrected chi connectivity index (χ1v) is 8.52. The van der Waals surface area contributed by atoms with Crippen molar-refractivity contribution in [1.82, 2.24) is 4.90 Å². The molecule has 1 aromatic heterocycles. The summed E-state index contributed by atoms with van der Waals surface area (Å²) in [4.78, 5) is 17.2. The van der Waals surface area contributed by atoms with Gasteiger partial charge in [-0.25, -0.2) is 0 Å². The number of likely N-dealkylation sites (N-methyl/N-ethyl adjacent to an activating group) is 1. The Kier molecular flexibility index (Phi) is 4.90. The molecule has 128 valence electrons. The fraction of sp³-hybridized carbons (Fsp3) is 0.421. The molecule has 0 aliphatic carbocycles. The third-order valence-electron chi connectivity index (χ3n) is 4.72. The standard InChI is InChI=1S/C19H25N3O2/c1-4-21-8-10-22(11-9-21)18-6-5-16(13-14(18)2)20-19(23)17-7-12-24-15(17)3/h5-7,12-13H,4,8-11H2,1-3H3,(H,20,23). The smallest absolute Gasteiger partial charge is 0.259 e. The highest BCUT2D eigenvalue weighted by atomic mass is 16.3. The highest BCUT2D eigenvalue weighted by Gasteiger charge is 2.18. The maximum atomic E-state index is 12.3. The summed E-state index contributed by atoms with van der Waals surface area (Å²) < 4.78 is 5.19. The van der Waals surface area contributed by atoms with Crippen LogP contribution >= 0.6 is 0 Å². The summed E-state index contributed by atoms with van der Waals surface area (Å²) in [5.74, 6) is 0.500. The van der Waals surface area contributed by atoms with E-state index in [1.165, 1.54) is 17.5 Å². The Hall–Kier alpha value is -2.27. The third kappa shape index (κ3) is 3.46. The molecule has 1 saturated heterocycles. The number of carbonyl (C=O) groups is 1. The molecule has 5 heteroatoms. The van der Waals surface area contributed by atoms with Crippen molar-refractivity contribution in [3.8, 4) is 0 Å². The van der Waals surface area contributed by atoms with Crippen molar-refractivity contribution < 1.29 is 9.21 Å². The molecule has 1 N–H and O–H groups in total. The highest BCUT2D eigenvalue weighted by Crippen LogP contribution is 2.25. The number of nitrogens with zero attached hydrogens (tertiary/aromatic N) is 2. The molecule has 1 aliphatic rings. The lowest BCUT2D eigenvalue weighted by Gasteiger charge is -2.36. The van der Waals surface area contributed by atoms with Gasteiger partial charge in [-0.1, -0.05) is 6.92 Å². The van der Waals surface area contributed by atoms with Gasteiger partial charge in [-0.15, -0.1) is 0 Å². The number of nitrogens with one attached hydrogen (secondary N) is 1. The van der Waals surface area contributed by atoms with E-state index in [0.717, 1.165) is 38.4 Å². The average Bonchev–Trinajstić information content (AvgIpc) is 3.01. The molecule has 24 heavy (non-hydrogen) atoms. The molecule has 1 aliphatic heterocycles. The van der Waals surface area contributed by atoms with Crippen LogP contribution in [-0.4, -0.2) is 43.5 Å². The van der Waals surface area contributed by atoms with Gasteiger partial charge in [0.1, 0.15) is 5.76 Å². The zero-order chi connectivity index (χ0) is 17.1. The van der Waals surface area contributed by atoms with Crippen molar-refractivity contribution >= 4 is 17.3 Å². The number of anilines is 2. The first kappa shape index (κ1) is 16.6. The first-order valence-electron chi connectivity index (χ1n) is 8.52. The van der Waals surface area contributed by atoms with E-state index in [9.17, 15) is 4.79 Å². The average molecular weight is 327 g/mol. The third-order valence-corrected chi connectivity index (χ3v) is 4.72. The first-order chi connectivity index (χ1) is 11.6. The van der Waals surface area contributed by atoms with Crippen LogP contribution in [0.5, 0.6) is 0 Å². The molecule has 0 spiro atoms. The zero-order valence-corrected chi connectivity index (χ0v) is 14.6. The Balaban J connectivity index is 1.69. The van der Waals surface area contributed by atoms with Crippen molar-refractivity contribution in [3.63, 3.8) is 0 Å². The number of rotatable bonds is 4. The van der Waals surface area contributed by atoms with E-state index in [1.807, 2.05) is 12.1 Å². The van der Waals surface area contributed by atoms with E-state index in [2.05, 4.69) is 35.0 Å². The van der Waals surface area contributed by atoms with Crippen molar-refractivity contribution in [2.24, 2.45) is 0 Å². The summed E-state index contributed by atoms with van der Waals surface area (Å²) >= 11 is 0. The van der Waals surface area contributed by atoms with Crippen LogP contribution in [0, 0.1) is 13.8 Å². The number of benzene rings is 1. The monoisotopic (exact) mass is 327 g/mol. The highest BCUT2D eigenvalue weighted by molar-refractivity contribution is 6.05. The predicted molar refractivity (Wildman–Crippen MR) is 96.9 cm³/mol. The second-order valence-corrected chi connectivity index (χ2v) is 6.27. The summed E-state index contributed by atoms with van der Waals surface area (Å²) in [7, 11) is 0. The summed E-state index contributed by atoms with van der Waals surface area (Å²) in [6.07, 6.45) is 1.54. The van der Waals surface area contributed by atoms with Crippen LogP contribution < -0.4 is 10.2 Å². The summed E-state index contributed by atoms with van der Waals surface area (Å²) in [6.45, 7) is 11.5. The minimum absolute atomic E-state index is 0.134. The van der Waals surface area contributed by atoms with Crippen LogP contribution in [0.2, 0.25) is 0 Å². The van der Waals surface area contributed by atoms with Crippen LogP contribution in [0.1, 0.15) is 28.6 Å². The minimum atomic E-state index is -0.134. The molecule has 0 atom stereocenters. The van der Waals surface area contributed by atoms with Crippen molar-refractivity contribution in [3.05, 3.63) is 47.4 Å². The number of hydrogen-bond donors (Lipinski definition) is 1. The molecule has 5 nitrogen and oxygen atoms in total. The largest absolute Gasteiger partial charge is 0.469 e. The topological polar surface area (TPSA) is 48.7 Å². The lowest BCUT2D eigenvalue weighted by molar-refractivity contribution is 0.102. The fourth-order valence-electron chi connectivity index (χ4n) is 3.21. The number of carbonyl (C=O) groups excluding carboxylic acids is 1. The molecule has 2 heterocycles. The molecule has 1 amide bonds. The van der Waals surface area contributed by atoms with Gasteiger partial charge >= 0.3 is 0 Å². The van der Waals surface area contributed by atoms with Gasteiger partial charge < -0.3 is 19.5 Å². The minimum Gasteiger partial charge on any atom is -0.469 e. The molecule has 0 unspecified atom stereocenters. The molecule has 1 fully saturated rings. The fourth-order valence-corrected chi connectivity index (χ4v) is 3.21. The molecule has 2 aromatic rings. The summed E-state index contributed by atoms with van der Waals surface area (Å²) in [6, 6.07) is 7.81. The zero-order valence-electron chi connectivity index (χ0n) is 14.6. The predicted octanol–water partition coefficient (Wildman–Crippen LogP) is 3.29. The van der Waals surface area contributed by atoms with Gasteiger partial charge in [0.2, 0.25) is 0 Å². The number of furan rings is 1. The number of piperazine rings is 1. The summed E-state index contributed by atoms with van der Waals surface area (Å²) in [5.41, 5.74) is 3.83. The van der Waals surface area contributed by atoms with Crippen LogP contribution in [0.3, 0.4) is 0 Å². The van der Waals surface area contributed by atoms with E-state index >= 15 is 0 Å². The van der Waals surface area contributed by atoms with E-state index < -0.39 is 0 Å². The Morgan fingerprint density at radius 1 is 1.17 bits per heavy atom. The second kappa shape index (κ2) is 7.09. The quantitative estimate of drug-likeness (QED) is 0.936. The lowest BCUT2D eigenvalue weighted by atomic mass is 10.1. The Bertz CT molecular complexity index is 715. The SMILES string of the molecule is CCN1CCN(c2ccc(NC(=O)c3ccoc3C)cc2C)CC1. The number of aryl methyl sites for hydroxylation is 2. The molecule has 0 bridgehead atoms. The number of hydrogen-bond acceptors (Lipinski definition) is 4. The molecular formula is C19H25N3O2. The van der Waals surface area contributed by atoms with E-state index in [1.54, 1.807) is 13.0 Å². The molecular weight excluding hydrogens is 302 g/mol. The van der Waals surface area contributed by atoms with Crippen LogP contribution in [0.4, 0.5) is 11.4 Å². The van der Waals surface area contributed by atoms with Crippen LogP contribution in [0.25, 0.3) is 0 Å². The van der Waals surface area contributed by atoms with Gasteiger partial charge in [0.05, 0.1) is 11.8 Å². The maximum Gasteiger partial charge on any atom is 0.259 e. The van der Waals surface area contributed by atoms with Gasteiger partial charge in [-0.05, 0) is 50.2 Å². The molecule has 0 radical (unpaired) electrons. The second-order valence-electron chi connectivity index (χ2n) is 6.27. The Morgan fingerprint density at radius 3 is 2.50 bits per heavy atom. The van der Waals surface area contributed by atoms with Crippen LogP contribution in [0.15, 0.2) is 34.9 Å². The number of amides is 1. The van der Waals surface area contributed by atoms with Crippen molar-refractivity contribution in [1.29, 1.82) is 0 Å². The molecule has 3 rings (SSSR count). The normalized spacial score (nSPS) is 15.5. The van der Waals surface area contributed by atoms with Gasteiger partial charge in [0.15, 0.2) is 0 Å². The molecule has 1 aromatic carbocycles. The van der Waals surface area contributed by atoms with E-state index in [0.29, 0.717) is 11.3 Å². The Morgan fingerprint density at radius 2 is 1.92 bits per heavy atom. The van der Waals surface area contributed by atoms with Gasteiger partial charge in [-0.3, -0.25) is 4.79 Å². The maximum absolute atomic E-state index is 12.3. The summed E-state index contributed by atoms with van der Waals surface area (Å²) in [5, 5.41) is 2.95. The molecule has 0 saturated carbocycles. The van der Waals surface area contributed by atoms with Crippen molar-refractivity contribution in [2.45, 2.75) is 20.8 Å². The van der Waals surface area contributed by atoms with E-state index in [4.69, 9.17) is 4.42 Å². The van der Waals surface area contributed by atoms with Crippen LogP contribution in [-0.2, 0) is 0 Å². The van der Waals surface area contributed by atoms with Crippen molar-refractivity contribution in [2.75, 3.05) is 42.9 Å². The Labute approximate surface area is 143 Å². The van der Waals surface area contributed by atoms with Gasteiger partial charge in [-0.2, -0.15) is 0 Å². The lowest BCUT2D eigenvalue weighted by Crippen LogP contribution is -2.46. The van der Waals surface area contributed by atoms with Gasteiger partial charge in [0.25, 0.3) is 5.91 Å². The van der Waals surface area contributed by atoms with Gasteiger partial charge in [0, 0.05) is 37.6 Å². The van der Waals surface area contributed by atoms with E-state index in [-0.39, 0.29) is 5.91 Å².